The maximum Gasteiger partial charge on any atom is 0.264 e. The molecule has 32 heavy (non-hydrogen) atoms. The largest absolute Gasteiger partial charge is 0.383 e. The van der Waals surface area contributed by atoms with Gasteiger partial charge in [-0.1, -0.05) is 52.7 Å². The van der Waals surface area contributed by atoms with Gasteiger partial charge in [-0.2, -0.15) is 10.1 Å². The molecule has 4 aromatic rings. The molecule has 0 spiro atoms. The molecule has 2 heterocycles. The first-order valence-electron chi connectivity index (χ1n) is 9.73. The lowest BCUT2D eigenvalue weighted by atomic mass is 10.1. The molecule has 0 aliphatic rings. The molecule has 0 aliphatic carbocycles. The second kappa shape index (κ2) is 9.05. The molecule has 2 aromatic carbocycles. The molecule has 0 saturated heterocycles. The highest BCUT2D eigenvalue weighted by Crippen LogP contribution is 2.35. The summed E-state index contributed by atoms with van der Waals surface area (Å²) in [6.07, 6.45) is 1.86. The molecule has 3 N–H and O–H groups in total. The Bertz CT molecular complexity index is 1280. The van der Waals surface area contributed by atoms with E-state index in [4.69, 9.17) is 21.9 Å². The molecule has 0 saturated carbocycles. The first-order chi connectivity index (χ1) is 15.4. The fourth-order valence-electron chi connectivity index (χ4n) is 3.12. The van der Waals surface area contributed by atoms with E-state index in [1.807, 2.05) is 50.4 Å². The third-order valence-corrected chi connectivity index (χ3v) is 5.78. The molecule has 0 fully saturated rings. The summed E-state index contributed by atoms with van der Waals surface area (Å²) in [5, 5.41) is 12.5. The summed E-state index contributed by atoms with van der Waals surface area (Å²) in [5.41, 5.74) is 10.3. The zero-order valence-electron chi connectivity index (χ0n) is 17.7. The van der Waals surface area contributed by atoms with Crippen LogP contribution in [0.3, 0.4) is 0 Å². The van der Waals surface area contributed by atoms with Crippen LogP contribution in [0.2, 0.25) is 5.02 Å². The SMILES string of the molecule is CSc1nn(CC(=O)Nc2cc(Cl)ccc2C)c(N)c1-c1nc(-c2ccc(C)cc2)no1. The standard InChI is InChI=1S/C22H21ClN6O2S/c1-12-4-7-14(8-5-12)20-26-21(31-28-20)18-19(24)29(27-22(18)32-3)11-17(30)25-16-10-15(23)9-6-13(16)2/h4-10H,11,24H2,1-3H3,(H,25,30). The number of hydrogen-bond donors (Lipinski definition) is 2. The van der Waals surface area contributed by atoms with Crippen LogP contribution in [0.25, 0.3) is 22.8 Å². The van der Waals surface area contributed by atoms with Crippen molar-refractivity contribution >= 4 is 40.8 Å². The number of thioether (sulfide) groups is 1. The van der Waals surface area contributed by atoms with Crippen LogP contribution in [0, 0.1) is 13.8 Å². The summed E-state index contributed by atoms with van der Waals surface area (Å²) in [7, 11) is 0. The molecule has 0 aliphatic heterocycles. The number of nitrogen functional groups attached to an aromatic ring is 1. The van der Waals surface area contributed by atoms with Crippen LogP contribution in [-0.4, -0.2) is 32.1 Å². The molecule has 2 aromatic heterocycles. The molecule has 0 atom stereocenters. The number of aryl methyl sites for hydroxylation is 2. The lowest BCUT2D eigenvalue weighted by molar-refractivity contribution is -0.116. The summed E-state index contributed by atoms with van der Waals surface area (Å²) in [6.45, 7) is 3.82. The van der Waals surface area contributed by atoms with E-state index < -0.39 is 0 Å². The van der Waals surface area contributed by atoms with Crippen molar-refractivity contribution in [2.24, 2.45) is 0 Å². The smallest absolute Gasteiger partial charge is 0.264 e. The Labute approximate surface area is 194 Å². The first-order valence-corrected chi connectivity index (χ1v) is 11.3. The number of carbonyl (C=O) groups excluding carboxylic acids is 1. The number of amides is 1. The van der Waals surface area contributed by atoms with Gasteiger partial charge in [0.15, 0.2) is 0 Å². The molecule has 0 unspecified atom stereocenters. The molecule has 0 radical (unpaired) electrons. The van der Waals surface area contributed by atoms with E-state index in [9.17, 15) is 4.79 Å². The van der Waals surface area contributed by atoms with Crippen molar-refractivity contribution in [3.63, 3.8) is 0 Å². The number of halogens is 1. The van der Waals surface area contributed by atoms with Crippen LogP contribution in [0.4, 0.5) is 11.5 Å². The predicted molar refractivity (Wildman–Crippen MR) is 127 cm³/mol. The van der Waals surface area contributed by atoms with Gasteiger partial charge in [0.1, 0.15) is 23.0 Å². The van der Waals surface area contributed by atoms with E-state index >= 15 is 0 Å². The Hall–Kier alpha value is -3.30. The van der Waals surface area contributed by atoms with Gasteiger partial charge in [0.25, 0.3) is 5.89 Å². The van der Waals surface area contributed by atoms with Gasteiger partial charge in [-0.15, -0.1) is 11.8 Å². The Morgan fingerprint density at radius 3 is 2.69 bits per heavy atom. The minimum absolute atomic E-state index is 0.0791. The molecular formula is C22H21ClN6O2S. The number of aromatic nitrogens is 4. The lowest BCUT2D eigenvalue weighted by Gasteiger charge is -2.09. The summed E-state index contributed by atoms with van der Waals surface area (Å²) in [6, 6.07) is 13.1. The van der Waals surface area contributed by atoms with Gasteiger partial charge in [-0.05, 0) is 37.8 Å². The number of nitrogens with one attached hydrogen (secondary N) is 1. The second-order valence-corrected chi connectivity index (χ2v) is 8.46. The number of rotatable bonds is 6. The molecular weight excluding hydrogens is 448 g/mol. The summed E-state index contributed by atoms with van der Waals surface area (Å²) < 4.78 is 6.90. The lowest BCUT2D eigenvalue weighted by Crippen LogP contribution is -2.21. The predicted octanol–water partition coefficient (Wildman–Crippen LogP) is 4.81. The van der Waals surface area contributed by atoms with Crippen molar-refractivity contribution in [1.82, 2.24) is 19.9 Å². The summed E-state index contributed by atoms with van der Waals surface area (Å²) in [5.74, 6) is 0.689. The topological polar surface area (TPSA) is 112 Å². The maximum absolute atomic E-state index is 12.6. The zero-order chi connectivity index (χ0) is 22.8. The summed E-state index contributed by atoms with van der Waals surface area (Å²) in [4.78, 5) is 17.1. The fourth-order valence-corrected chi connectivity index (χ4v) is 3.86. The second-order valence-electron chi connectivity index (χ2n) is 7.22. The van der Waals surface area contributed by atoms with E-state index in [1.165, 1.54) is 16.4 Å². The van der Waals surface area contributed by atoms with E-state index in [0.717, 1.165) is 16.7 Å². The number of nitrogens with zero attached hydrogens (tertiary/aromatic N) is 4. The van der Waals surface area contributed by atoms with Crippen molar-refractivity contribution in [1.29, 1.82) is 0 Å². The van der Waals surface area contributed by atoms with Crippen molar-refractivity contribution in [2.45, 2.75) is 25.4 Å². The van der Waals surface area contributed by atoms with E-state index in [2.05, 4.69) is 20.6 Å². The Balaban J connectivity index is 1.59. The van der Waals surface area contributed by atoms with E-state index in [1.54, 1.807) is 12.1 Å². The van der Waals surface area contributed by atoms with Crippen LogP contribution in [0.1, 0.15) is 11.1 Å². The highest BCUT2D eigenvalue weighted by molar-refractivity contribution is 7.98. The zero-order valence-corrected chi connectivity index (χ0v) is 19.3. The highest BCUT2D eigenvalue weighted by atomic mass is 35.5. The Morgan fingerprint density at radius 1 is 1.22 bits per heavy atom. The van der Waals surface area contributed by atoms with Gasteiger partial charge in [0, 0.05) is 16.3 Å². The molecule has 164 valence electrons. The van der Waals surface area contributed by atoms with Crippen LogP contribution in [-0.2, 0) is 11.3 Å². The van der Waals surface area contributed by atoms with Crippen molar-refractivity contribution in [3.05, 3.63) is 58.6 Å². The van der Waals surface area contributed by atoms with Gasteiger partial charge in [-0.25, -0.2) is 4.68 Å². The third kappa shape index (κ3) is 4.49. The average molecular weight is 469 g/mol. The minimum atomic E-state index is -0.283. The molecule has 4 rings (SSSR count). The number of anilines is 2. The van der Waals surface area contributed by atoms with Crippen molar-refractivity contribution in [2.75, 3.05) is 17.3 Å². The Kier molecular flexibility index (Phi) is 6.20. The fraction of sp³-hybridized carbons (Fsp3) is 0.182. The van der Waals surface area contributed by atoms with Crippen LogP contribution in [0.15, 0.2) is 52.0 Å². The summed E-state index contributed by atoms with van der Waals surface area (Å²) >= 11 is 7.41. The minimum Gasteiger partial charge on any atom is -0.383 e. The van der Waals surface area contributed by atoms with Gasteiger partial charge in [-0.3, -0.25) is 4.79 Å². The monoisotopic (exact) mass is 468 g/mol. The van der Waals surface area contributed by atoms with Crippen molar-refractivity contribution in [3.8, 4) is 22.8 Å². The van der Waals surface area contributed by atoms with Crippen molar-refractivity contribution < 1.29 is 9.32 Å². The van der Waals surface area contributed by atoms with Crippen LogP contribution >= 0.6 is 23.4 Å². The average Bonchev–Trinajstić information content (AvgIpc) is 3.36. The Morgan fingerprint density at radius 2 is 1.97 bits per heavy atom. The maximum atomic E-state index is 12.6. The third-order valence-electron chi connectivity index (χ3n) is 4.87. The normalized spacial score (nSPS) is 11.0. The van der Waals surface area contributed by atoms with E-state index in [0.29, 0.717) is 27.1 Å². The number of nitrogens with two attached hydrogens (primary N) is 1. The van der Waals surface area contributed by atoms with Gasteiger partial charge in [0.2, 0.25) is 11.7 Å². The van der Waals surface area contributed by atoms with Crippen LogP contribution < -0.4 is 11.1 Å². The quantitative estimate of drug-likeness (QED) is 0.390. The number of benzene rings is 2. The molecule has 0 bridgehead atoms. The number of hydrogen-bond acceptors (Lipinski definition) is 7. The van der Waals surface area contributed by atoms with Crippen LogP contribution in [0.5, 0.6) is 0 Å². The highest BCUT2D eigenvalue weighted by Gasteiger charge is 2.24. The molecule has 1 amide bonds. The molecule has 10 heteroatoms. The molecule has 8 nitrogen and oxygen atoms in total. The van der Waals surface area contributed by atoms with Gasteiger partial charge < -0.3 is 15.6 Å². The van der Waals surface area contributed by atoms with Gasteiger partial charge in [0.05, 0.1) is 0 Å². The van der Waals surface area contributed by atoms with Gasteiger partial charge >= 0.3 is 0 Å². The van der Waals surface area contributed by atoms with E-state index in [-0.39, 0.29) is 24.2 Å². The number of carbonyl (C=O) groups is 1. The first kappa shape index (κ1) is 21.9.